The topological polar surface area (TPSA) is 73.6 Å². The van der Waals surface area contributed by atoms with E-state index in [0.717, 1.165) is 12.8 Å². The van der Waals surface area contributed by atoms with Crippen LogP contribution in [0.15, 0.2) is 18.2 Å². The lowest BCUT2D eigenvalue weighted by Gasteiger charge is -2.15. The fourth-order valence-corrected chi connectivity index (χ4v) is 2.00. The summed E-state index contributed by atoms with van der Waals surface area (Å²) in [6.45, 7) is 3.38. The van der Waals surface area contributed by atoms with Crippen molar-refractivity contribution in [2.24, 2.45) is 11.7 Å². The van der Waals surface area contributed by atoms with Gasteiger partial charge in [0.25, 0.3) is 5.91 Å². The summed E-state index contributed by atoms with van der Waals surface area (Å²) >= 11 is 0. The van der Waals surface area contributed by atoms with Crippen molar-refractivity contribution in [1.82, 2.24) is 5.32 Å². The average molecular weight is 280 g/mol. The summed E-state index contributed by atoms with van der Waals surface area (Å²) < 4.78 is 10.3. The Labute approximate surface area is 120 Å². The third-order valence-corrected chi connectivity index (χ3v) is 3.35. The summed E-state index contributed by atoms with van der Waals surface area (Å²) in [6, 6.07) is 5.13. The van der Waals surface area contributed by atoms with E-state index in [1.54, 1.807) is 32.4 Å². The molecule has 0 radical (unpaired) electrons. The van der Waals surface area contributed by atoms with Crippen LogP contribution >= 0.6 is 0 Å². The maximum atomic E-state index is 12.1. The molecule has 5 heteroatoms. The molecule has 0 aromatic heterocycles. The molecule has 0 saturated carbocycles. The van der Waals surface area contributed by atoms with Crippen LogP contribution in [0.5, 0.6) is 11.5 Å². The van der Waals surface area contributed by atoms with Crippen molar-refractivity contribution in [3.8, 4) is 11.5 Å². The summed E-state index contributed by atoms with van der Waals surface area (Å²) in [5.41, 5.74) is 6.11. The molecule has 0 bridgehead atoms. The van der Waals surface area contributed by atoms with Crippen LogP contribution in [0.4, 0.5) is 0 Å². The lowest BCUT2D eigenvalue weighted by Crippen LogP contribution is -2.30. The van der Waals surface area contributed by atoms with Crippen LogP contribution < -0.4 is 20.5 Å². The molecule has 0 heterocycles. The molecule has 0 aliphatic carbocycles. The van der Waals surface area contributed by atoms with Crippen LogP contribution in [0.25, 0.3) is 0 Å². The number of carbonyl (C=O) groups is 1. The van der Waals surface area contributed by atoms with E-state index in [2.05, 4.69) is 12.2 Å². The first kappa shape index (κ1) is 16.3. The van der Waals surface area contributed by atoms with Crippen LogP contribution in [0.3, 0.4) is 0 Å². The van der Waals surface area contributed by atoms with Gasteiger partial charge in [-0.2, -0.15) is 0 Å². The second kappa shape index (κ2) is 8.43. The number of carbonyl (C=O) groups excluding carboxylic acids is 1. The third-order valence-electron chi connectivity index (χ3n) is 3.35. The van der Waals surface area contributed by atoms with E-state index in [0.29, 0.717) is 36.1 Å². The van der Waals surface area contributed by atoms with Gasteiger partial charge in [-0.1, -0.05) is 13.3 Å². The van der Waals surface area contributed by atoms with Crippen LogP contribution in [-0.4, -0.2) is 33.2 Å². The standard InChI is InChI=1S/C15H24N2O3/c1-4-11(7-8-16)10-17-15(18)12-5-6-13(19-2)14(9-12)20-3/h5-6,9,11H,4,7-8,10,16H2,1-3H3,(H,17,18). The Hall–Kier alpha value is -1.75. The van der Waals surface area contributed by atoms with Crippen molar-refractivity contribution in [1.29, 1.82) is 0 Å². The molecule has 5 nitrogen and oxygen atoms in total. The largest absolute Gasteiger partial charge is 0.493 e. The lowest BCUT2D eigenvalue weighted by molar-refractivity contribution is 0.0945. The molecule has 0 aliphatic heterocycles. The highest BCUT2D eigenvalue weighted by molar-refractivity contribution is 5.94. The zero-order valence-corrected chi connectivity index (χ0v) is 12.4. The Morgan fingerprint density at radius 2 is 2.00 bits per heavy atom. The van der Waals surface area contributed by atoms with Crippen molar-refractivity contribution >= 4 is 5.91 Å². The number of hydrogen-bond donors (Lipinski definition) is 2. The molecule has 0 spiro atoms. The number of benzene rings is 1. The van der Waals surface area contributed by atoms with Crippen molar-refractivity contribution in [2.45, 2.75) is 19.8 Å². The molecule has 1 atom stereocenters. The van der Waals surface area contributed by atoms with Gasteiger partial charge in [0.15, 0.2) is 11.5 Å². The van der Waals surface area contributed by atoms with Crippen molar-refractivity contribution < 1.29 is 14.3 Å². The van der Waals surface area contributed by atoms with Gasteiger partial charge in [0.05, 0.1) is 14.2 Å². The van der Waals surface area contributed by atoms with Gasteiger partial charge in [-0.05, 0) is 37.1 Å². The van der Waals surface area contributed by atoms with E-state index >= 15 is 0 Å². The van der Waals surface area contributed by atoms with E-state index in [-0.39, 0.29) is 5.91 Å². The fraction of sp³-hybridized carbons (Fsp3) is 0.533. The molecule has 20 heavy (non-hydrogen) atoms. The first-order valence-electron chi connectivity index (χ1n) is 6.86. The molecular weight excluding hydrogens is 256 g/mol. The number of nitrogens with one attached hydrogen (secondary N) is 1. The molecule has 1 amide bonds. The van der Waals surface area contributed by atoms with Crippen molar-refractivity contribution in [2.75, 3.05) is 27.3 Å². The van der Waals surface area contributed by atoms with Crippen molar-refractivity contribution in [3.63, 3.8) is 0 Å². The molecule has 1 rings (SSSR count). The van der Waals surface area contributed by atoms with Gasteiger partial charge in [-0.25, -0.2) is 0 Å². The highest BCUT2D eigenvalue weighted by atomic mass is 16.5. The van der Waals surface area contributed by atoms with E-state index in [9.17, 15) is 4.79 Å². The first-order chi connectivity index (χ1) is 9.65. The highest BCUT2D eigenvalue weighted by Crippen LogP contribution is 2.27. The number of nitrogens with two attached hydrogens (primary N) is 1. The predicted octanol–water partition coefficient (Wildman–Crippen LogP) is 1.81. The summed E-state index contributed by atoms with van der Waals surface area (Å²) in [5.74, 6) is 1.47. The van der Waals surface area contributed by atoms with Gasteiger partial charge in [0, 0.05) is 12.1 Å². The SMILES string of the molecule is CCC(CCN)CNC(=O)c1ccc(OC)c(OC)c1. The van der Waals surface area contributed by atoms with Crippen LogP contribution in [-0.2, 0) is 0 Å². The minimum Gasteiger partial charge on any atom is -0.493 e. The Kier molecular flexibility index (Phi) is 6.87. The maximum Gasteiger partial charge on any atom is 0.251 e. The van der Waals surface area contributed by atoms with Gasteiger partial charge in [0.1, 0.15) is 0 Å². The number of ether oxygens (including phenoxy) is 2. The molecule has 1 aromatic carbocycles. The summed E-state index contributed by atoms with van der Waals surface area (Å²) in [7, 11) is 3.12. The molecule has 0 aliphatic rings. The van der Waals surface area contributed by atoms with Crippen LogP contribution in [0, 0.1) is 5.92 Å². The quantitative estimate of drug-likeness (QED) is 0.761. The lowest BCUT2D eigenvalue weighted by atomic mass is 10.0. The monoisotopic (exact) mass is 280 g/mol. The molecular formula is C15H24N2O3. The van der Waals surface area contributed by atoms with Gasteiger partial charge in [-0.15, -0.1) is 0 Å². The molecule has 1 unspecified atom stereocenters. The smallest absolute Gasteiger partial charge is 0.251 e. The average Bonchev–Trinajstić information content (AvgIpc) is 2.50. The van der Waals surface area contributed by atoms with E-state index in [4.69, 9.17) is 15.2 Å². The van der Waals surface area contributed by atoms with E-state index in [1.165, 1.54) is 0 Å². The zero-order valence-electron chi connectivity index (χ0n) is 12.4. The van der Waals surface area contributed by atoms with Gasteiger partial charge in [0.2, 0.25) is 0 Å². The van der Waals surface area contributed by atoms with Crippen molar-refractivity contribution in [3.05, 3.63) is 23.8 Å². The predicted molar refractivity (Wildman–Crippen MR) is 79.3 cm³/mol. The molecule has 0 fully saturated rings. The van der Waals surface area contributed by atoms with Gasteiger partial charge >= 0.3 is 0 Å². The van der Waals surface area contributed by atoms with Crippen LogP contribution in [0.1, 0.15) is 30.1 Å². The molecule has 1 aromatic rings. The Morgan fingerprint density at radius 3 is 2.55 bits per heavy atom. The van der Waals surface area contributed by atoms with Gasteiger partial charge in [-0.3, -0.25) is 4.79 Å². The molecule has 3 N–H and O–H groups in total. The highest BCUT2D eigenvalue weighted by Gasteiger charge is 2.12. The Bertz CT molecular complexity index is 435. The Morgan fingerprint density at radius 1 is 1.30 bits per heavy atom. The number of rotatable bonds is 8. The summed E-state index contributed by atoms with van der Waals surface area (Å²) in [6.07, 6.45) is 1.92. The number of hydrogen-bond acceptors (Lipinski definition) is 4. The summed E-state index contributed by atoms with van der Waals surface area (Å²) in [4.78, 5) is 12.1. The minimum absolute atomic E-state index is 0.110. The summed E-state index contributed by atoms with van der Waals surface area (Å²) in [5, 5.41) is 2.93. The fourth-order valence-electron chi connectivity index (χ4n) is 2.00. The van der Waals surface area contributed by atoms with Gasteiger partial charge < -0.3 is 20.5 Å². The second-order valence-corrected chi connectivity index (χ2v) is 4.63. The normalized spacial score (nSPS) is 11.8. The molecule has 112 valence electrons. The number of amides is 1. The minimum atomic E-state index is -0.110. The zero-order chi connectivity index (χ0) is 15.0. The third kappa shape index (κ3) is 4.42. The Balaban J connectivity index is 2.67. The van der Waals surface area contributed by atoms with Crippen LogP contribution in [0.2, 0.25) is 0 Å². The first-order valence-corrected chi connectivity index (χ1v) is 6.86. The van der Waals surface area contributed by atoms with E-state index < -0.39 is 0 Å². The van der Waals surface area contributed by atoms with E-state index in [1.807, 2.05) is 0 Å². The molecule has 0 saturated heterocycles. The number of methoxy groups -OCH3 is 2. The maximum absolute atomic E-state index is 12.1. The second-order valence-electron chi connectivity index (χ2n) is 4.63.